The molecule has 1 aliphatic rings. The van der Waals surface area contributed by atoms with Gasteiger partial charge in [0.15, 0.2) is 0 Å². The van der Waals surface area contributed by atoms with E-state index in [0.717, 1.165) is 32.0 Å². The molecular formula is C11H10Cl2F3N. The summed E-state index contributed by atoms with van der Waals surface area (Å²) in [6.45, 7) is 1.44. The Morgan fingerprint density at radius 3 is 2.18 bits per heavy atom. The molecule has 0 bridgehead atoms. The van der Waals surface area contributed by atoms with Crippen LogP contribution in [0.5, 0.6) is 0 Å². The Morgan fingerprint density at radius 1 is 1.06 bits per heavy atom. The number of benzene rings is 1. The summed E-state index contributed by atoms with van der Waals surface area (Å²) in [4.78, 5) is 1.84. The fraction of sp³-hybridized carbons (Fsp3) is 0.455. The quantitative estimate of drug-likeness (QED) is 0.727. The molecule has 1 fully saturated rings. The van der Waals surface area contributed by atoms with Gasteiger partial charge in [-0.3, -0.25) is 0 Å². The van der Waals surface area contributed by atoms with Gasteiger partial charge in [-0.25, -0.2) is 0 Å². The highest BCUT2D eigenvalue weighted by molar-refractivity contribution is 6.36. The van der Waals surface area contributed by atoms with E-state index in [0.29, 0.717) is 5.69 Å². The summed E-state index contributed by atoms with van der Waals surface area (Å²) in [6, 6.07) is 2.36. The first-order chi connectivity index (χ1) is 7.89. The second-order valence-electron chi connectivity index (χ2n) is 3.98. The lowest BCUT2D eigenvalue weighted by Gasteiger charge is -2.22. The van der Waals surface area contributed by atoms with Crippen molar-refractivity contribution >= 4 is 28.9 Å². The van der Waals surface area contributed by atoms with Crippen LogP contribution < -0.4 is 4.90 Å². The first kappa shape index (κ1) is 12.8. The third-order valence-corrected chi connectivity index (χ3v) is 3.39. The van der Waals surface area contributed by atoms with Crippen LogP contribution in [0.4, 0.5) is 18.9 Å². The molecule has 0 saturated carbocycles. The third-order valence-electron chi connectivity index (χ3n) is 2.77. The molecular weight excluding hydrogens is 274 g/mol. The first-order valence-electron chi connectivity index (χ1n) is 5.21. The highest BCUT2D eigenvalue weighted by Gasteiger charge is 2.35. The normalized spacial score (nSPS) is 16.6. The number of nitrogens with zero attached hydrogens (tertiary/aromatic N) is 1. The van der Waals surface area contributed by atoms with Crippen LogP contribution in [0.15, 0.2) is 12.1 Å². The van der Waals surface area contributed by atoms with E-state index in [-0.39, 0.29) is 10.0 Å². The van der Waals surface area contributed by atoms with Gasteiger partial charge in [-0.05, 0) is 25.0 Å². The van der Waals surface area contributed by atoms with Crippen LogP contribution in [-0.4, -0.2) is 13.1 Å². The molecule has 1 aliphatic heterocycles. The largest absolute Gasteiger partial charge is 0.417 e. The lowest BCUT2D eigenvalue weighted by atomic mass is 10.1. The average Bonchev–Trinajstić information content (AvgIpc) is 2.72. The molecule has 1 saturated heterocycles. The van der Waals surface area contributed by atoms with Crippen molar-refractivity contribution in [3.8, 4) is 0 Å². The van der Waals surface area contributed by atoms with Crippen molar-refractivity contribution in [3.63, 3.8) is 0 Å². The molecule has 1 nitrogen and oxygen atoms in total. The summed E-state index contributed by atoms with van der Waals surface area (Å²) in [5, 5.41) is -0.201. The lowest BCUT2D eigenvalue weighted by Crippen LogP contribution is -2.19. The van der Waals surface area contributed by atoms with Gasteiger partial charge in [0.25, 0.3) is 0 Å². The maximum atomic E-state index is 12.7. The van der Waals surface area contributed by atoms with Gasteiger partial charge < -0.3 is 4.90 Å². The van der Waals surface area contributed by atoms with E-state index < -0.39 is 11.7 Å². The summed E-state index contributed by atoms with van der Waals surface area (Å²) < 4.78 is 38.2. The molecule has 0 radical (unpaired) electrons. The third kappa shape index (κ3) is 2.63. The fourth-order valence-corrected chi connectivity index (χ4v) is 2.52. The van der Waals surface area contributed by atoms with Crippen LogP contribution >= 0.6 is 23.2 Å². The first-order valence-corrected chi connectivity index (χ1v) is 5.96. The summed E-state index contributed by atoms with van der Waals surface area (Å²) in [5.41, 5.74) is -0.488. The standard InChI is InChI=1S/C11H10Cl2F3N/c12-7-5-8(11(14,15)16)10(13)9(6-7)17-3-1-2-4-17/h5-6H,1-4H2. The van der Waals surface area contributed by atoms with Gasteiger partial charge in [-0.2, -0.15) is 13.2 Å². The second-order valence-corrected chi connectivity index (χ2v) is 4.79. The molecule has 2 rings (SSSR count). The molecule has 1 aromatic carbocycles. The zero-order chi connectivity index (χ0) is 12.6. The number of anilines is 1. The van der Waals surface area contributed by atoms with Gasteiger partial charge in [0.1, 0.15) is 0 Å². The van der Waals surface area contributed by atoms with Crippen molar-refractivity contribution in [2.75, 3.05) is 18.0 Å². The van der Waals surface area contributed by atoms with Crippen molar-refractivity contribution in [1.82, 2.24) is 0 Å². The number of rotatable bonds is 1. The van der Waals surface area contributed by atoms with E-state index in [9.17, 15) is 13.2 Å². The number of hydrogen-bond donors (Lipinski definition) is 0. The van der Waals surface area contributed by atoms with Gasteiger partial charge in [0.2, 0.25) is 0 Å². The molecule has 0 aliphatic carbocycles. The Balaban J connectivity index is 2.49. The van der Waals surface area contributed by atoms with Crippen molar-refractivity contribution in [2.24, 2.45) is 0 Å². The fourth-order valence-electron chi connectivity index (χ4n) is 1.97. The SMILES string of the molecule is FC(F)(F)c1cc(Cl)cc(N2CCCC2)c1Cl. The van der Waals surface area contributed by atoms with Crippen molar-refractivity contribution in [3.05, 3.63) is 27.7 Å². The highest BCUT2D eigenvalue weighted by atomic mass is 35.5. The average molecular weight is 284 g/mol. The van der Waals surface area contributed by atoms with Crippen molar-refractivity contribution < 1.29 is 13.2 Å². The smallest absolute Gasteiger partial charge is 0.370 e. The summed E-state index contributed by atoms with van der Waals surface area (Å²) >= 11 is 11.5. The van der Waals surface area contributed by atoms with Gasteiger partial charge in [0.05, 0.1) is 16.3 Å². The lowest BCUT2D eigenvalue weighted by molar-refractivity contribution is -0.137. The molecule has 0 N–H and O–H groups in total. The molecule has 0 unspecified atom stereocenters. The second kappa shape index (κ2) is 4.58. The van der Waals surface area contributed by atoms with E-state index in [4.69, 9.17) is 23.2 Å². The number of alkyl halides is 3. The van der Waals surface area contributed by atoms with Gasteiger partial charge >= 0.3 is 6.18 Å². The minimum absolute atomic E-state index is 0.0589. The van der Waals surface area contributed by atoms with Crippen molar-refractivity contribution in [2.45, 2.75) is 19.0 Å². The van der Waals surface area contributed by atoms with E-state index in [1.165, 1.54) is 6.07 Å². The Labute approximate surface area is 107 Å². The van der Waals surface area contributed by atoms with Crippen LogP contribution in [0.25, 0.3) is 0 Å². The maximum absolute atomic E-state index is 12.7. The Hall–Kier alpha value is -0.610. The van der Waals surface area contributed by atoms with Crippen molar-refractivity contribution in [1.29, 1.82) is 0 Å². The topological polar surface area (TPSA) is 3.24 Å². The minimum Gasteiger partial charge on any atom is -0.370 e. The van der Waals surface area contributed by atoms with E-state index in [1.54, 1.807) is 0 Å². The molecule has 17 heavy (non-hydrogen) atoms. The Bertz CT molecular complexity index is 425. The predicted molar refractivity (Wildman–Crippen MR) is 62.9 cm³/mol. The molecule has 0 aromatic heterocycles. The van der Waals surface area contributed by atoms with Gasteiger partial charge in [-0.15, -0.1) is 0 Å². The molecule has 1 aromatic rings. The Morgan fingerprint density at radius 2 is 1.65 bits per heavy atom. The van der Waals surface area contributed by atoms with Crippen LogP contribution in [0, 0.1) is 0 Å². The molecule has 6 heteroatoms. The van der Waals surface area contributed by atoms with E-state index in [1.807, 2.05) is 4.90 Å². The van der Waals surface area contributed by atoms with E-state index in [2.05, 4.69) is 0 Å². The van der Waals surface area contributed by atoms with Crippen LogP contribution in [0.1, 0.15) is 18.4 Å². The molecule has 0 spiro atoms. The summed E-state index contributed by atoms with van der Waals surface area (Å²) in [6.07, 6.45) is -2.55. The van der Waals surface area contributed by atoms with Gasteiger partial charge in [0, 0.05) is 18.1 Å². The zero-order valence-electron chi connectivity index (χ0n) is 8.82. The predicted octanol–water partition coefficient (Wildman–Crippen LogP) is 4.61. The Kier molecular flexibility index (Phi) is 3.46. The van der Waals surface area contributed by atoms with Crippen LogP contribution in [0.2, 0.25) is 10.0 Å². The summed E-state index contributed by atoms with van der Waals surface area (Å²) in [5.74, 6) is 0. The van der Waals surface area contributed by atoms with E-state index >= 15 is 0 Å². The maximum Gasteiger partial charge on any atom is 0.417 e. The van der Waals surface area contributed by atoms with Gasteiger partial charge in [-0.1, -0.05) is 23.2 Å². The van der Waals surface area contributed by atoms with Crippen LogP contribution in [0.3, 0.4) is 0 Å². The van der Waals surface area contributed by atoms with Crippen LogP contribution in [-0.2, 0) is 6.18 Å². The molecule has 94 valence electrons. The minimum atomic E-state index is -4.48. The molecule has 0 atom stereocenters. The monoisotopic (exact) mass is 283 g/mol. The highest BCUT2D eigenvalue weighted by Crippen LogP contribution is 2.42. The number of halogens is 5. The number of hydrogen-bond acceptors (Lipinski definition) is 1. The molecule has 1 heterocycles. The zero-order valence-corrected chi connectivity index (χ0v) is 10.3. The molecule has 0 amide bonds. The summed E-state index contributed by atoms with van der Waals surface area (Å²) in [7, 11) is 0.